The summed E-state index contributed by atoms with van der Waals surface area (Å²) >= 11 is 1.62. The quantitative estimate of drug-likeness (QED) is 0.656. The monoisotopic (exact) mass is 380 g/mol. The number of hydrogen-bond donors (Lipinski definition) is 2. The Morgan fingerprint density at radius 1 is 1.26 bits per heavy atom. The maximum atomic E-state index is 12.4. The summed E-state index contributed by atoms with van der Waals surface area (Å²) in [6.45, 7) is 2.62. The van der Waals surface area contributed by atoms with Gasteiger partial charge in [-0.2, -0.15) is 0 Å². The van der Waals surface area contributed by atoms with Crippen LogP contribution < -0.4 is 5.32 Å². The molecule has 1 aromatic carbocycles. The minimum absolute atomic E-state index is 0.0310. The van der Waals surface area contributed by atoms with E-state index in [0.29, 0.717) is 12.6 Å². The number of H-pyrrole nitrogens is 1. The highest BCUT2D eigenvalue weighted by atomic mass is 32.1. The first kappa shape index (κ1) is 17.9. The average Bonchev–Trinajstić information content (AvgIpc) is 3.46. The number of imidazole rings is 1. The van der Waals surface area contributed by atoms with Gasteiger partial charge in [0.1, 0.15) is 5.82 Å². The van der Waals surface area contributed by atoms with Crippen LogP contribution in [0, 0.1) is 0 Å². The number of rotatable bonds is 7. The van der Waals surface area contributed by atoms with Crippen molar-refractivity contribution >= 4 is 17.2 Å². The Morgan fingerprint density at radius 3 is 2.96 bits per heavy atom. The SMILES string of the molecule is O=C(NCc1ncc[nH]1)c1ccc(C2CCCN2CCc2ccccc2)s1. The number of thiophene rings is 1. The fourth-order valence-electron chi connectivity index (χ4n) is 3.63. The molecule has 0 bridgehead atoms. The molecule has 1 aliphatic rings. The Morgan fingerprint density at radius 2 is 2.15 bits per heavy atom. The third-order valence-electron chi connectivity index (χ3n) is 5.04. The zero-order valence-corrected chi connectivity index (χ0v) is 16.0. The van der Waals surface area contributed by atoms with Crippen molar-refractivity contribution < 1.29 is 4.79 Å². The summed E-state index contributed by atoms with van der Waals surface area (Å²) in [7, 11) is 0. The van der Waals surface area contributed by atoms with E-state index in [1.807, 2.05) is 6.07 Å². The van der Waals surface area contributed by atoms with Crippen LogP contribution in [0.5, 0.6) is 0 Å². The molecule has 27 heavy (non-hydrogen) atoms. The van der Waals surface area contributed by atoms with Crippen molar-refractivity contribution in [1.82, 2.24) is 20.2 Å². The van der Waals surface area contributed by atoms with Gasteiger partial charge in [-0.15, -0.1) is 11.3 Å². The average molecular weight is 381 g/mol. The van der Waals surface area contributed by atoms with Crippen LogP contribution >= 0.6 is 11.3 Å². The molecule has 4 rings (SSSR count). The van der Waals surface area contributed by atoms with Crippen molar-refractivity contribution in [3.8, 4) is 0 Å². The predicted molar refractivity (Wildman–Crippen MR) is 108 cm³/mol. The Balaban J connectivity index is 1.35. The first-order chi connectivity index (χ1) is 13.3. The standard InChI is InChI=1S/C21H24N4OS/c26-21(24-15-20-22-11-12-23-20)19-9-8-18(27-19)17-7-4-13-25(17)14-10-16-5-2-1-3-6-16/h1-3,5-6,8-9,11-12,17H,4,7,10,13-15H2,(H,22,23)(H,24,26). The van der Waals surface area contributed by atoms with Crippen molar-refractivity contribution in [2.45, 2.75) is 31.8 Å². The van der Waals surface area contributed by atoms with Gasteiger partial charge < -0.3 is 10.3 Å². The summed E-state index contributed by atoms with van der Waals surface area (Å²) in [6.07, 6.45) is 6.91. The van der Waals surface area contributed by atoms with Crippen LogP contribution in [0.25, 0.3) is 0 Å². The lowest BCUT2D eigenvalue weighted by Gasteiger charge is -2.23. The molecule has 1 unspecified atom stereocenters. The lowest BCUT2D eigenvalue weighted by atomic mass is 10.1. The fourth-order valence-corrected chi connectivity index (χ4v) is 4.73. The molecule has 2 aromatic heterocycles. The molecule has 1 fully saturated rings. The van der Waals surface area contributed by atoms with Gasteiger partial charge >= 0.3 is 0 Å². The number of nitrogens with one attached hydrogen (secondary N) is 2. The highest BCUT2D eigenvalue weighted by Gasteiger charge is 2.27. The van der Waals surface area contributed by atoms with Gasteiger partial charge in [-0.05, 0) is 43.5 Å². The van der Waals surface area contributed by atoms with Crippen molar-refractivity contribution in [3.63, 3.8) is 0 Å². The lowest BCUT2D eigenvalue weighted by molar-refractivity contribution is 0.0954. The lowest BCUT2D eigenvalue weighted by Crippen LogP contribution is -2.25. The highest BCUT2D eigenvalue weighted by molar-refractivity contribution is 7.14. The predicted octanol–water partition coefficient (Wildman–Crippen LogP) is 3.78. The number of benzene rings is 1. The molecule has 0 radical (unpaired) electrons. The smallest absolute Gasteiger partial charge is 0.261 e. The fraction of sp³-hybridized carbons (Fsp3) is 0.333. The molecule has 6 heteroatoms. The zero-order chi connectivity index (χ0) is 18.5. The van der Waals surface area contributed by atoms with Gasteiger partial charge in [0.2, 0.25) is 0 Å². The molecule has 0 spiro atoms. The van der Waals surface area contributed by atoms with Gasteiger partial charge in [-0.3, -0.25) is 9.69 Å². The third-order valence-corrected chi connectivity index (χ3v) is 6.23. The van der Waals surface area contributed by atoms with E-state index >= 15 is 0 Å². The zero-order valence-electron chi connectivity index (χ0n) is 15.2. The van der Waals surface area contributed by atoms with E-state index in [0.717, 1.165) is 30.2 Å². The van der Waals surface area contributed by atoms with E-state index < -0.39 is 0 Å². The summed E-state index contributed by atoms with van der Waals surface area (Å²) in [5.41, 5.74) is 1.38. The molecule has 5 nitrogen and oxygen atoms in total. The second-order valence-electron chi connectivity index (χ2n) is 6.85. The van der Waals surface area contributed by atoms with Crippen LogP contribution in [0.15, 0.2) is 54.9 Å². The molecule has 1 saturated heterocycles. The van der Waals surface area contributed by atoms with Gasteiger partial charge in [0.15, 0.2) is 0 Å². The summed E-state index contributed by atoms with van der Waals surface area (Å²) in [5, 5.41) is 2.93. The van der Waals surface area contributed by atoms with Crippen molar-refractivity contribution in [1.29, 1.82) is 0 Å². The molecule has 3 aromatic rings. The molecule has 0 saturated carbocycles. The Kier molecular flexibility index (Phi) is 5.65. The third kappa shape index (κ3) is 4.46. The number of hydrogen-bond acceptors (Lipinski definition) is 4. The van der Waals surface area contributed by atoms with E-state index in [1.165, 1.54) is 23.3 Å². The normalized spacial score (nSPS) is 17.3. The molecule has 1 amide bonds. The molecular formula is C21H24N4OS. The number of amides is 1. The Labute approximate surface area is 163 Å². The van der Waals surface area contributed by atoms with E-state index in [1.54, 1.807) is 23.7 Å². The van der Waals surface area contributed by atoms with Crippen LogP contribution in [0.3, 0.4) is 0 Å². The number of carbonyl (C=O) groups is 1. The summed E-state index contributed by atoms with van der Waals surface area (Å²) in [4.78, 5) is 24.2. The Hall–Kier alpha value is -2.44. The van der Waals surface area contributed by atoms with Crippen molar-refractivity contribution in [3.05, 3.63) is 76.0 Å². The van der Waals surface area contributed by atoms with E-state index in [-0.39, 0.29) is 5.91 Å². The van der Waals surface area contributed by atoms with Crippen LogP contribution in [0.1, 0.15) is 44.8 Å². The second kappa shape index (κ2) is 8.50. The Bertz CT molecular complexity index is 859. The topological polar surface area (TPSA) is 61.0 Å². The maximum Gasteiger partial charge on any atom is 0.261 e. The van der Waals surface area contributed by atoms with E-state index in [9.17, 15) is 4.79 Å². The van der Waals surface area contributed by atoms with Crippen LogP contribution in [0.4, 0.5) is 0 Å². The molecule has 3 heterocycles. The number of nitrogens with zero attached hydrogens (tertiary/aromatic N) is 2. The number of aromatic nitrogens is 2. The van der Waals surface area contributed by atoms with Gasteiger partial charge in [-0.25, -0.2) is 4.98 Å². The molecule has 140 valence electrons. The van der Waals surface area contributed by atoms with Gasteiger partial charge in [0.25, 0.3) is 5.91 Å². The van der Waals surface area contributed by atoms with Crippen LogP contribution in [0.2, 0.25) is 0 Å². The van der Waals surface area contributed by atoms with E-state index in [4.69, 9.17) is 0 Å². The minimum Gasteiger partial charge on any atom is -0.347 e. The van der Waals surface area contributed by atoms with Crippen LogP contribution in [-0.4, -0.2) is 33.9 Å². The largest absolute Gasteiger partial charge is 0.347 e. The first-order valence-corrected chi connectivity index (χ1v) is 10.3. The first-order valence-electron chi connectivity index (χ1n) is 9.44. The molecular weight excluding hydrogens is 356 g/mol. The molecule has 2 N–H and O–H groups in total. The minimum atomic E-state index is -0.0310. The summed E-state index contributed by atoms with van der Waals surface area (Å²) < 4.78 is 0. The van der Waals surface area contributed by atoms with Gasteiger partial charge in [0, 0.05) is 29.9 Å². The van der Waals surface area contributed by atoms with Crippen molar-refractivity contribution in [2.24, 2.45) is 0 Å². The number of likely N-dealkylation sites (tertiary alicyclic amines) is 1. The van der Waals surface area contributed by atoms with E-state index in [2.05, 4.69) is 56.6 Å². The molecule has 1 aliphatic heterocycles. The highest BCUT2D eigenvalue weighted by Crippen LogP contribution is 2.35. The summed E-state index contributed by atoms with van der Waals surface area (Å²) in [5.74, 6) is 0.736. The summed E-state index contributed by atoms with van der Waals surface area (Å²) in [6, 6.07) is 15.2. The van der Waals surface area contributed by atoms with Crippen LogP contribution in [-0.2, 0) is 13.0 Å². The maximum absolute atomic E-state index is 12.4. The van der Waals surface area contributed by atoms with Crippen molar-refractivity contribution in [2.75, 3.05) is 13.1 Å². The molecule has 0 aliphatic carbocycles. The van der Waals surface area contributed by atoms with Gasteiger partial charge in [-0.1, -0.05) is 30.3 Å². The van der Waals surface area contributed by atoms with Gasteiger partial charge in [0.05, 0.1) is 11.4 Å². The number of aromatic amines is 1. The number of carbonyl (C=O) groups excluding carboxylic acids is 1. The second-order valence-corrected chi connectivity index (χ2v) is 7.97. The molecule has 1 atom stereocenters.